The SMILES string of the molecule is CC1CN(C(=O)c2cc(Cl)nc3ccccc23)CCC1O. The molecule has 1 aliphatic heterocycles. The van der Waals surface area contributed by atoms with Crippen molar-refractivity contribution in [2.75, 3.05) is 13.1 Å². The number of fused-ring (bicyclic) bond motifs is 1. The Labute approximate surface area is 128 Å². The molecule has 5 heteroatoms. The zero-order chi connectivity index (χ0) is 15.0. The number of rotatable bonds is 1. The van der Waals surface area contributed by atoms with Gasteiger partial charge in [-0.3, -0.25) is 4.79 Å². The summed E-state index contributed by atoms with van der Waals surface area (Å²) >= 11 is 6.04. The average Bonchev–Trinajstić information content (AvgIpc) is 2.48. The van der Waals surface area contributed by atoms with Gasteiger partial charge >= 0.3 is 0 Å². The van der Waals surface area contributed by atoms with Crippen LogP contribution >= 0.6 is 11.6 Å². The minimum atomic E-state index is -0.327. The van der Waals surface area contributed by atoms with E-state index >= 15 is 0 Å². The number of carbonyl (C=O) groups is 1. The van der Waals surface area contributed by atoms with Gasteiger partial charge in [0.15, 0.2) is 0 Å². The molecule has 2 unspecified atom stereocenters. The summed E-state index contributed by atoms with van der Waals surface area (Å²) in [4.78, 5) is 18.8. The minimum Gasteiger partial charge on any atom is -0.393 e. The Kier molecular flexibility index (Phi) is 3.83. The Morgan fingerprint density at radius 1 is 1.43 bits per heavy atom. The lowest BCUT2D eigenvalue weighted by Crippen LogP contribution is -2.45. The van der Waals surface area contributed by atoms with Gasteiger partial charge in [-0.2, -0.15) is 0 Å². The maximum absolute atomic E-state index is 12.8. The summed E-state index contributed by atoms with van der Waals surface area (Å²) in [5.74, 6) is 0.0422. The highest BCUT2D eigenvalue weighted by atomic mass is 35.5. The number of pyridine rings is 1. The molecule has 0 saturated carbocycles. The Morgan fingerprint density at radius 2 is 2.19 bits per heavy atom. The van der Waals surface area contributed by atoms with Crippen LogP contribution in [0.2, 0.25) is 5.15 Å². The lowest BCUT2D eigenvalue weighted by molar-refractivity contribution is 0.0299. The van der Waals surface area contributed by atoms with E-state index in [0.29, 0.717) is 30.2 Å². The molecule has 3 rings (SSSR count). The Bertz CT molecular complexity index is 689. The number of amides is 1. The number of piperidine rings is 1. The zero-order valence-corrected chi connectivity index (χ0v) is 12.5. The van der Waals surface area contributed by atoms with E-state index in [2.05, 4.69) is 4.98 Å². The molecule has 0 bridgehead atoms. The normalized spacial score (nSPS) is 22.5. The molecule has 1 aromatic carbocycles. The molecule has 4 nitrogen and oxygen atoms in total. The molecule has 1 aliphatic rings. The molecule has 21 heavy (non-hydrogen) atoms. The second-order valence-corrected chi connectivity index (χ2v) is 5.98. The summed E-state index contributed by atoms with van der Waals surface area (Å²) in [6, 6.07) is 9.12. The Morgan fingerprint density at radius 3 is 2.95 bits per heavy atom. The zero-order valence-electron chi connectivity index (χ0n) is 11.8. The van der Waals surface area contributed by atoms with Crippen molar-refractivity contribution in [1.82, 2.24) is 9.88 Å². The highest BCUT2D eigenvalue weighted by molar-refractivity contribution is 6.30. The molecule has 0 spiro atoms. The summed E-state index contributed by atoms with van der Waals surface area (Å²) < 4.78 is 0. The second kappa shape index (κ2) is 5.62. The number of para-hydroxylation sites is 1. The van der Waals surface area contributed by atoms with E-state index in [1.165, 1.54) is 0 Å². The highest BCUT2D eigenvalue weighted by Crippen LogP contribution is 2.24. The van der Waals surface area contributed by atoms with Gasteiger partial charge in [0, 0.05) is 18.5 Å². The van der Waals surface area contributed by atoms with Crippen LogP contribution in [0.1, 0.15) is 23.7 Å². The van der Waals surface area contributed by atoms with Gasteiger partial charge < -0.3 is 10.0 Å². The van der Waals surface area contributed by atoms with Gasteiger partial charge in [-0.25, -0.2) is 4.98 Å². The maximum Gasteiger partial charge on any atom is 0.254 e. The summed E-state index contributed by atoms with van der Waals surface area (Å²) in [6.07, 6.45) is 0.288. The molecule has 1 amide bonds. The van der Waals surface area contributed by atoms with Gasteiger partial charge in [0.2, 0.25) is 0 Å². The predicted molar refractivity (Wildman–Crippen MR) is 82.4 cm³/mol. The number of benzene rings is 1. The first-order valence-corrected chi connectivity index (χ1v) is 7.46. The van der Waals surface area contributed by atoms with Crippen LogP contribution in [0.15, 0.2) is 30.3 Å². The van der Waals surface area contributed by atoms with E-state index < -0.39 is 0 Å². The van der Waals surface area contributed by atoms with Crippen molar-refractivity contribution in [2.45, 2.75) is 19.4 Å². The van der Waals surface area contributed by atoms with E-state index in [1.54, 1.807) is 11.0 Å². The number of likely N-dealkylation sites (tertiary alicyclic amines) is 1. The van der Waals surface area contributed by atoms with E-state index in [1.807, 2.05) is 31.2 Å². The second-order valence-electron chi connectivity index (χ2n) is 5.59. The smallest absolute Gasteiger partial charge is 0.254 e. The molecule has 1 N–H and O–H groups in total. The lowest BCUT2D eigenvalue weighted by Gasteiger charge is -2.34. The maximum atomic E-state index is 12.8. The minimum absolute atomic E-state index is 0.0470. The van der Waals surface area contributed by atoms with Crippen LogP contribution in [0.5, 0.6) is 0 Å². The van der Waals surface area contributed by atoms with Gasteiger partial charge in [-0.1, -0.05) is 36.7 Å². The summed E-state index contributed by atoms with van der Waals surface area (Å²) in [7, 11) is 0. The number of hydrogen-bond donors (Lipinski definition) is 1. The molecule has 0 radical (unpaired) electrons. The summed E-state index contributed by atoms with van der Waals surface area (Å²) in [6.45, 7) is 3.09. The number of hydrogen-bond acceptors (Lipinski definition) is 3. The Balaban J connectivity index is 1.98. The quantitative estimate of drug-likeness (QED) is 0.824. The Hall–Kier alpha value is -1.65. The summed E-state index contributed by atoms with van der Waals surface area (Å²) in [5, 5.41) is 10.9. The van der Waals surface area contributed by atoms with Crippen molar-refractivity contribution >= 4 is 28.4 Å². The topological polar surface area (TPSA) is 53.4 Å². The van der Waals surface area contributed by atoms with Gasteiger partial charge in [0.25, 0.3) is 5.91 Å². The lowest BCUT2D eigenvalue weighted by atomic mass is 9.96. The number of carbonyl (C=O) groups excluding carboxylic acids is 1. The number of aliphatic hydroxyl groups is 1. The standard InChI is InChI=1S/C16H17ClN2O2/c1-10-9-19(7-6-14(10)20)16(21)12-8-15(17)18-13-5-3-2-4-11(12)13/h2-5,8,10,14,20H,6-7,9H2,1H3. The monoisotopic (exact) mass is 304 g/mol. The van der Waals surface area contributed by atoms with Crippen LogP contribution in [0.25, 0.3) is 10.9 Å². The van der Waals surface area contributed by atoms with Gasteiger partial charge in [-0.15, -0.1) is 0 Å². The van der Waals surface area contributed by atoms with Crippen molar-refractivity contribution in [3.05, 3.63) is 41.0 Å². The predicted octanol–water partition coefficient (Wildman–Crippen LogP) is 2.73. The largest absolute Gasteiger partial charge is 0.393 e. The van der Waals surface area contributed by atoms with Crippen LogP contribution in [0, 0.1) is 5.92 Å². The van der Waals surface area contributed by atoms with Crippen LogP contribution in [-0.2, 0) is 0 Å². The van der Waals surface area contributed by atoms with Crippen LogP contribution in [-0.4, -0.2) is 40.1 Å². The van der Waals surface area contributed by atoms with Crippen molar-refractivity contribution < 1.29 is 9.90 Å². The van der Waals surface area contributed by atoms with E-state index in [-0.39, 0.29) is 17.9 Å². The van der Waals surface area contributed by atoms with E-state index in [9.17, 15) is 9.90 Å². The molecular weight excluding hydrogens is 288 g/mol. The molecule has 1 saturated heterocycles. The van der Waals surface area contributed by atoms with Crippen LogP contribution in [0.3, 0.4) is 0 Å². The third-order valence-corrected chi connectivity index (χ3v) is 4.26. The van der Waals surface area contributed by atoms with E-state index in [0.717, 1.165) is 10.9 Å². The van der Waals surface area contributed by atoms with Crippen molar-refractivity contribution in [2.24, 2.45) is 5.92 Å². The molecule has 1 aromatic heterocycles. The van der Waals surface area contributed by atoms with E-state index in [4.69, 9.17) is 11.6 Å². The van der Waals surface area contributed by atoms with Crippen LogP contribution in [0.4, 0.5) is 0 Å². The number of halogens is 1. The first kappa shape index (κ1) is 14.3. The number of aliphatic hydroxyl groups excluding tert-OH is 1. The highest BCUT2D eigenvalue weighted by Gasteiger charge is 2.28. The fraction of sp³-hybridized carbons (Fsp3) is 0.375. The number of nitrogens with zero attached hydrogens (tertiary/aromatic N) is 2. The van der Waals surface area contributed by atoms with Gasteiger partial charge in [-0.05, 0) is 24.5 Å². The molecule has 1 fully saturated rings. The molecule has 0 aliphatic carbocycles. The molecule has 2 heterocycles. The first-order valence-electron chi connectivity index (χ1n) is 7.09. The molecule has 2 atom stereocenters. The summed E-state index contributed by atoms with van der Waals surface area (Å²) in [5.41, 5.74) is 1.30. The fourth-order valence-corrected chi connectivity index (χ4v) is 3.01. The first-order chi connectivity index (χ1) is 10.1. The molecular formula is C16H17ClN2O2. The van der Waals surface area contributed by atoms with Crippen molar-refractivity contribution in [1.29, 1.82) is 0 Å². The third kappa shape index (κ3) is 2.74. The van der Waals surface area contributed by atoms with Gasteiger partial charge in [0.1, 0.15) is 5.15 Å². The third-order valence-electron chi connectivity index (χ3n) is 4.06. The van der Waals surface area contributed by atoms with Gasteiger partial charge in [0.05, 0.1) is 17.2 Å². The number of aromatic nitrogens is 1. The fourth-order valence-electron chi connectivity index (χ4n) is 2.81. The molecule has 2 aromatic rings. The van der Waals surface area contributed by atoms with Crippen molar-refractivity contribution in [3.63, 3.8) is 0 Å². The van der Waals surface area contributed by atoms with Crippen LogP contribution < -0.4 is 0 Å². The average molecular weight is 305 g/mol. The van der Waals surface area contributed by atoms with Crippen molar-refractivity contribution in [3.8, 4) is 0 Å². The molecule has 110 valence electrons.